The Bertz CT molecular complexity index is 468. The number of sulfonamides is 1. The van der Waals surface area contributed by atoms with Gasteiger partial charge in [-0.25, -0.2) is 12.7 Å². The maximum absolute atomic E-state index is 11.6. The van der Waals surface area contributed by atoms with Crippen LogP contribution in [0.1, 0.15) is 12.8 Å². The Morgan fingerprint density at radius 1 is 1.22 bits per heavy atom. The molecule has 0 amide bonds. The van der Waals surface area contributed by atoms with E-state index in [-0.39, 0.29) is 29.7 Å². The van der Waals surface area contributed by atoms with Crippen molar-refractivity contribution >= 4 is 40.0 Å². The second kappa shape index (κ2) is 10.6. The fraction of sp³-hybridized carbons (Fsp3) is 0.923. The fourth-order valence-corrected chi connectivity index (χ4v) is 4.15. The first kappa shape index (κ1) is 20.9. The number of ether oxygens (including phenoxy) is 1. The maximum atomic E-state index is 11.6. The van der Waals surface area contributed by atoms with Gasteiger partial charge in [0.15, 0.2) is 5.96 Å². The Balaban J connectivity index is 0.00000264. The van der Waals surface area contributed by atoms with Crippen LogP contribution in [0.2, 0.25) is 0 Å². The van der Waals surface area contributed by atoms with Gasteiger partial charge in [-0.1, -0.05) is 0 Å². The summed E-state index contributed by atoms with van der Waals surface area (Å²) in [7, 11) is -3.02. The molecular formula is C13H28IN5O3S. The molecule has 0 aliphatic carbocycles. The van der Waals surface area contributed by atoms with E-state index in [9.17, 15) is 8.42 Å². The van der Waals surface area contributed by atoms with Crippen molar-refractivity contribution < 1.29 is 13.2 Å². The zero-order valence-electron chi connectivity index (χ0n) is 13.4. The van der Waals surface area contributed by atoms with Crippen LogP contribution in [0.5, 0.6) is 0 Å². The number of morpholine rings is 1. The summed E-state index contributed by atoms with van der Waals surface area (Å²) in [6, 6.07) is 0. The van der Waals surface area contributed by atoms with Crippen LogP contribution in [-0.2, 0) is 14.8 Å². The molecule has 0 saturated carbocycles. The Morgan fingerprint density at radius 2 is 1.96 bits per heavy atom. The summed E-state index contributed by atoms with van der Waals surface area (Å²) in [5.41, 5.74) is 5.78. The van der Waals surface area contributed by atoms with Gasteiger partial charge >= 0.3 is 0 Å². The van der Waals surface area contributed by atoms with E-state index in [1.807, 2.05) is 0 Å². The number of nitrogens with zero attached hydrogens (tertiary/aromatic N) is 3. The Kier molecular flexibility index (Phi) is 9.66. The minimum Gasteiger partial charge on any atom is -0.379 e. The van der Waals surface area contributed by atoms with Crippen LogP contribution < -0.4 is 11.1 Å². The predicted molar refractivity (Wildman–Crippen MR) is 102 cm³/mol. The van der Waals surface area contributed by atoms with Gasteiger partial charge in [0.2, 0.25) is 10.0 Å². The molecule has 2 aliphatic rings. The number of aliphatic imine (C=N–C) groups is 1. The molecule has 0 aromatic heterocycles. The van der Waals surface area contributed by atoms with E-state index < -0.39 is 10.0 Å². The summed E-state index contributed by atoms with van der Waals surface area (Å²) < 4.78 is 30.0. The number of nitrogens with one attached hydrogen (secondary N) is 1. The molecule has 2 heterocycles. The lowest BCUT2D eigenvalue weighted by molar-refractivity contribution is 0.0377. The second-order valence-electron chi connectivity index (χ2n) is 5.57. The van der Waals surface area contributed by atoms with Gasteiger partial charge in [-0.15, -0.1) is 24.0 Å². The third kappa shape index (κ3) is 7.50. The molecule has 0 bridgehead atoms. The molecule has 23 heavy (non-hydrogen) atoms. The normalized spacial score (nSPS) is 22.7. The highest BCUT2D eigenvalue weighted by Gasteiger charge is 2.27. The van der Waals surface area contributed by atoms with Gasteiger partial charge in [-0.05, 0) is 12.8 Å². The lowest BCUT2D eigenvalue weighted by atomic mass is 10.3. The van der Waals surface area contributed by atoms with Crippen molar-refractivity contribution in [3.63, 3.8) is 0 Å². The largest absolute Gasteiger partial charge is 0.379 e. The van der Waals surface area contributed by atoms with Gasteiger partial charge in [0.25, 0.3) is 0 Å². The lowest BCUT2D eigenvalue weighted by Gasteiger charge is -2.26. The van der Waals surface area contributed by atoms with E-state index in [0.29, 0.717) is 38.6 Å². The monoisotopic (exact) mass is 461 g/mol. The average Bonchev–Trinajstić information content (AvgIpc) is 2.84. The summed E-state index contributed by atoms with van der Waals surface area (Å²) >= 11 is 0. The Hall–Kier alpha value is -0.170. The molecule has 0 unspecified atom stereocenters. The van der Waals surface area contributed by atoms with E-state index in [2.05, 4.69) is 15.2 Å². The van der Waals surface area contributed by atoms with Crippen LogP contribution in [0, 0.1) is 0 Å². The first-order chi connectivity index (χ1) is 10.6. The Morgan fingerprint density at radius 3 is 2.61 bits per heavy atom. The molecule has 10 heteroatoms. The minimum absolute atomic E-state index is 0. The van der Waals surface area contributed by atoms with E-state index >= 15 is 0 Å². The van der Waals surface area contributed by atoms with Gasteiger partial charge in [0, 0.05) is 45.8 Å². The van der Waals surface area contributed by atoms with Gasteiger partial charge in [-0.3, -0.25) is 9.89 Å². The predicted octanol–water partition coefficient (Wildman–Crippen LogP) is -0.733. The first-order valence-electron chi connectivity index (χ1n) is 7.90. The molecule has 2 fully saturated rings. The van der Waals surface area contributed by atoms with Crippen LogP contribution in [0.25, 0.3) is 0 Å². The highest BCUT2D eigenvalue weighted by Crippen LogP contribution is 2.11. The van der Waals surface area contributed by atoms with Crippen molar-refractivity contribution in [2.45, 2.75) is 12.8 Å². The third-order valence-corrected chi connectivity index (χ3v) is 5.85. The number of rotatable bonds is 7. The molecule has 0 radical (unpaired) electrons. The van der Waals surface area contributed by atoms with E-state index in [1.54, 1.807) is 0 Å². The quantitative estimate of drug-likeness (QED) is 0.225. The maximum Gasteiger partial charge on any atom is 0.214 e. The number of hydrogen-bond donors (Lipinski definition) is 2. The van der Waals surface area contributed by atoms with Crippen molar-refractivity contribution in [3.8, 4) is 0 Å². The lowest BCUT2D eigenvalue weighted by Crippen LogP contribution is -2.39. The van der Waals surface area contributed by atoms with Crippen LogP contribution in [0.4, 0.5) is 0 Å². The van der Waals surface area contributed by atoms with E-state index in [4.69, 9.17) is 10.5 Å². The summed E-state index contributed by atoms with van der Waals surface area (Å²) in [6.07, 6.45) is 1.68. The zero-order chi connectivity index (χ0) is 15.8. The summed E-state index contributed by atoms with van der Waals surface area (Å²) in [6.45, 7) is 6.84. The van der Waals surface area contributed by atoms with Gasteiger partial charge in [0.1, 0.15) is 0 Å². The summed E-state index contributed by atoms with van der Waals surface area (Å²) in [4.78, 5) is 6.63. The van der Waals surface area contributed by atoms with Crippen LogP contribution in [0.3, 0.4) is 0 Å². The highest BCUT2D eigenvalue weighted by atomic mass is 127. The highest BCUT2D eigenvalue weighted by molar-refractivity contribution is 14.0. The van der Waals surface area contributed by atoms with Crippen LogP contribution >= 0.6 is 24.0 Å². The minimum atomic E-state index is -3.02. The van der Waals surface area contributed by atoms with Crippen LogP contribution in [0.15, 0.2) is 4.99 Å². The molecule has 0 aromatic rings. The summed E-state index contributed by atoms with van der Waals surface area (Å²) in [5, 5.41) is 2.97. The number of guanidine groups is 1. The smallest absolute Gasteiger partial charge is 0.214 e. The van der Waals surface area contributed by atoms with Crippen molar-refractivity contribution in [2.75, 3.05) is 64.8 Å². The number of hydrogen-bond acceptors (Lipinski definition) is 5. The number of halogens is 1. The Labute approximate surface area is 155 Å². The third-order valence-electron chi connectivity index (χ3n) is 3.89. The van der Waals surface area contributed by atoms with E-state index in [1.165, 1.54) is 4.31 Å². The molecule has 136 valence electrons. The van der Waals surface area contributed by atoms with Gasteiger partial charge < -0.3 is 15.8 Å². The molecule has 2 rings (SSSR count). The average molecular weight is 461 g/mol. The number of nitrogens with two attached hydrogens (primary N) is 1. The topological polar surface area (TPSA) is 100 Å². The van der Waals surface area contributed by atoms with Gasteiger partial charge in [-0.2, -0.15) is 0 Å². The van der Waals surface area contributed by atoms with E-state index in [0.717, 1.165) is 39.3 Å². The standard InChI is InChI=1S/C13H27N5O3S.HI/c14-13(15-3-1-5-17-8-10-21-11-9-17)16-4-7-18-6-2-12-22(18,19)20;/h1-12H2,(H3,14,15,16);1H. The van der Waals surface area contributed by atoms with Crippen molar-refractivity contribution in [1.29, 1.82) is 0 Å². The second-order valence-corrected chi connectivity index (χ2v) is 7.66. The van der Waals surface area contributed by atoms with Crippen molar-refractivity contribution in [1.82, 2.24) is 14.5 Å². The molecule has 2 aliphatic heterocycles. The molecule has 8 nitrogen and oxygen atoms in total. The van der Waals surface area contributed by atoms with Crippen molar-refractivity contribution in [3.05, 3.63) is 0 Å². The van der Waals surface area contributed by atoms with Gasteiger partial charge in [0.05, 0.1) is 19.0 Å². The SMILES string of the molecule is I.NC(=NCCCN1CCOCC1)NCCN1CCCS1(=O)=O. The molecule has 2 saturated heterocycles. The molecular weight excluding hydrogens is 433 g/mol. The van der Waals surface area contributed by atoms with Crippen molar-refractivity contribution in [2.24, 2.45) is 10.7 Å². The zero-order valence-corrected chi connectivity index (χ0v) is 16.6. The van der Waals surface area contributed by atoms with Crippen LogP contribution in [-0.4, -0.2) is 88.4 Å². The molecule has 0 atom stereocenters. The molecule has 3 N–H and O–H groups in total. The first-order valence-corrected chi connectivity index (χ1v) is 9.50. The fourth-order valence-electron chi connectivity index (χ4n) is 2.63. The molecule has 0 spiro atoms. The summed E-state index contributed by atoms with van der Waals surface area (Å²) in [5.74, 6) is 0.650. The molecule has 0 aromatic carbocycles.